The molecule has 0 unspecified atom stereocenters. The number of carbonyl (C=O) groups excluding carboxylic acids is 2. The van der Waals surface area contributed by atoms with E-state index in [9.17, 15) is 9.59 Å². The van der Waals surface area contributed by atoms with Crippen LogP contribution in [0.2, 0.25) is 5.02 Å². The standard InChI is InChI=1S/C17H21ClN2O3/c1-3-15(21)19-8-7-16(22)20-9-10-23-17(12(20)2)13-5-4-6-14(18)11-13/h3-6,11-12,17H,1,7-10H2,2H3,(H,19,21)/t12-,17+/m1/s1. The van der Waals surface area contributed by atoms with Crippen LogP contribution in [-0.2, 0) is 14.3 Å². The second kappa shape index (κ2) is 8.13. The zero-order valence-electron chi connectivity index (χ0n) is 13.1. The largest absolute Gasteiger partial charge is 0.370 e. The maximum Gasteiger partial charge on any atom is 0.243 e. The van der Waals surface area contributed by atoms with E-state index in [1.807, 2.05) is 31.2 Å². The summed E-state index contributed by atoms with van der Waals surface area (Å²) in [7, 11) is 0. The first-order valence-electron chi connectivity index (χ1n) is 7.59. The highest BCUT2D eigenvalue weighted by Crippen LogP contribution is 2.30. The predicted molar refractivity (Wildman–Crippen MR) is 89.1 cm³/mol. The molecule has 2 amide bonds. The molecule has 5 nitrogen and oxygen atoms in total. The van der Waals surface area contributed by atoms with Crippen molar-refractivity contribution in [3.63, 3.8) is 0 Å². The van der Waals surface area contributed by atoms with Gasteiger partial charge in [-0.3, -0.25) is 9.59 Å². The zero-order valence-corrected chi connectivity index (χ0v) is 13.9. The highest BCUT2D eigenvalue weighted by Gasteiger charge is 2.32. The number of nitrogens with zero attached hydrogens (tertiary/aromatic N) is 1. The topological polar surface area (TPSA) is 58.6 Å². The van der Waals surface area contributed by atoms with Crippen LogP contribution in [-0.4, -0.2) is 42.5 Å². The van der Waals surface area contributed by atoms with E-state index >= 15 is 0 Å². The Morgan fingerprint density at radius 1 is 1.52 bits per heavy atom. The third-order valence-corrected chi connectivity index (χ3v) is 4.12. The lowest BCUT2D eigenvalue weighted by atomic mass is 10.00. The molecular weight excluding hydrogens is 316 g/mol. The van der Waals surface area contributed by atoms with Crippen molar-refractivity contribution in [2.24, 2.45) is 0 Å². The average molecular weight is 337 g/mol. The second-order valence-electron chi connectivity index (χ2n) is 5.42. The predicted octanol–water partition coefficient (Wildman–Crippen LogP) is 2.32. The van der Waals surface area contributed by atoms with Crippen molar-refractivity contribution in [2.75, 3.05) is 19.7 Å². The van der Waals surface area contributed by atoms with Crippen LogP contribution in [0.1, 0.15) is 25.0 Å². The van der Waals surface area contributed by atoms with Gasteiger partial charge in [-0.25, -0.2) is 0 Å². The van der Waals surface area contributed by atoms with Gasteiger partial charge in [0.2, 0.25) is 11.8 Å². The fourth-order valence-corrected chi connectivity index (χ4v) is 2.90. The summed E-state index contributed by atoms with van der Waals surface area (Å²) in [6.07, 6.45) is 1.25. The van der Waals surface area contributed by atoms with E-state index in [0.29, 0.717) is 24.7 Å². The molecule has 23 heavy (non-hydrogen) atoms. The van der Waals surface area contributed by atoms with Crippen LogP contribution >= 0.6 is 11.6 Å². The highest BCUT2D eigenvalue weighted by molar-refractivity contribution is 6.30. The fourth-order valence-electron chi connectivity index (χ4n) is 2.70. The first-order chi connectivity index (χ1) is 11.0. The molecule has 2 atom stereocenters. The van der Waals surface area contributed by atoms with Crippen molar-refractivity contribution in [2.45, 2.75) is 25.5 Å². The number of carbonyl (C=O) groups is 2. The molecule has 1 N–H and O–H groups in total. The highest BCUT2D eigenvalue weighted by atomic mass is 35.5. The van der Waals surface area contributed by atoms with Crippen LogP contribution in [0.15, 0.2) is 36.9 Å². The normalized spacial score (nSPS) is 20.9. The molecule has 124 valence electrons. The molecule has 1 saturated heterocycles. The van der Waals surface area contributed by atoms with Gasteiger partial charge in [-0.15, -0.1) is 0 Å². The second-order valence-corrected chi connectivity index (χ2v) is 5.86. The summed E-state index contributed by atoms with van der Waals surface area (Å²) in [5.41, 5.74) is 0.961. The van der Waals surface area contributed by atoms with Crippen LogP contribution in [0, 0.1) is 0 Å². The summed E-state index contributed by atoms with van der Waals surface area (Å²) >= 11 is 6.04. The molecule has 0 radical (unpaired) electrons. The number of rotatable bonds is 5. The molecule has 0 spiro atoms. The van der Waals surface area contributed by atoms with E-state index in [-0.39, 0.29) is 30.4 Å². The molecule has 1 aliphatic heterocycles. The van der Waals surface area contributed by atoms with Gasteiger partial charge in [0, 0.05) is 24.5 Å². The first-order valence-corrected chi connectivity index (χ1v) is 7.97. The molecule has 0 saturated carbocycles. The fraction of sp³-hybridized carbons (Fsp3) is 0.412. The van der Waals surface area contributed by atoms with Crippen molar-refractivity contribution in [1.82, 2.24) is 10.2 Å². The first kappa shape index (κ1) is 17.5. The van der Waals surface area contributed by atoms with E-state index in [1.165, 1.54) is 6.08 Å². The third kappa shape index (κ3) is 4.56. The van der Waals surface area contributed by atoms with Gasteiger partial charge in [0.05, 0.1) is 12.6 Å². The van der Waals surface area contributed by atoms with Crippen LogP contribution in [0.5, 0.6) is 0 Å². The van der Waals surface area contributed by atoms with Crippen LogP contribution in [0.4, 0.5) is 0 Å². The molecule has 1 aromatic carbocycles. The summed E-state index contributed by atoms with van der Waals surface area (Å²) in [5, 5.41) is 3.26. The van der Waals surface area contributed by atoms with E-state index in [1.54, 1.807) is 4.90 Å². The summed E-state index contributed by atoms with van der Waals surface area (Å²) in [5.74, 6) is -0.276. The quantitative estimate of drug-likeness (QED) is 0.839. The monoisotopic (exact) mass is 336 g/mol. The van der Waals surface area contributed by atoms with Crippen LogP contribution in [0.25, 0.3) is 0 Å². The maximum atomic E-state index is 12.4. The van der Waals surface area contributed by atoms with Gasteiger partial charge >= 0.3 is 0 Å². The Hall–Kier alpha value is -1.85. The minimum atomic E-state index is -0.273. The van der Waals surface area contributed by atoms with E-state index < -0.39 is 0 Å². The number of hydrogen-bond acceptors (Lipinski definition) is 3. The van der Waals surface area contributed by atoms with Gasteiger partial charge in [-0.1, -0.05) is 30.3 Å². The van der Waals surface area contributed by atoms with Gasteiger partial charge in [0.25, 0.3) is 0 Å². The smallest absolute Gasteiger partial charge is 0.243 e. The van der Waals surface area contributed by atoms with Gasteiger partial charge in [0.1, 0.15) is 6.10 Å². The van der Waals surface area contributed by atoms with Crippen molar-refractivity contribution in [3.05, 3.63) is 47.5 Å². The van der Waals surface area contributed by atoms with Crippen molar-refractivity contribution >= 4 is 23.4 Å². The Morgan fingerprint density at radius 3 is 3.00 bits per heavy atom. The van der Waals surface area contributed by atoms with Gasteiger partial charge in [0.15, 0.2) is 0 Å². The summed E-state index contributed by atoms with van der Waals surface area (Å²) in [6, 6.07) is 7.40. The number of ether oxygens (including phenoxy) is 1. The van der Waals surface area contributed by atoms with Crippen LogP contribution < -0.4 is 5.32 Å². The number of nitrogens with one attached hydrogen (secondary N) is 1. The van der Waals surface area contributed by atoms with Gasteiger partial charge < -0.3 is 15.0 Å². The van der Waals surface area contributed by atoms with E-state index in [2.05, 4.69) is 11.9 Å². The Morgan fingerprint density at radius 2 is 2.30 bits per heavy atom. The lowest BCUT2D eigenvalue weighted by Crippen LogP contribution is -2.49. The Balaban J connectivity index is 1.98. The van der Waals surface area contributed by atoms with E-state index in [0.717, 1.165) is 5.56 Å². The zero-order chi connectivity index (χ0) is 16.8. The Bertz CT molecular complexity index is 591. The van der Waals surface area contributed by atoms with Gasteiger partial charge in [-0.2, -0.15) is 0 Å². The molecule has 1 heterocycles. The minimum Gasteiger partial charge on any atom is -0.370 e. The number of hydrogen-bond donors (Lipinski definition) is 1. The number of morpholine rings is 1. The molecule has 0 aliphatic carbocycles. The molecule has 1 aliphatic rings. The molecule has 2 rings (SSSR count). The van der Waals surface area contributed by atoms with Gasteiger partial charge in [-0.05, 0) is 30.7 Å². The lowest BCUT2D eigenvalue weighted by Gasteiger charge is -2.39. The lowest BCUT2D eigenvalue weighted by molar-refractivity contribution is -0.145. The summed E-state index contributed by atoms with van der Waals surface area (Å²) < 4.78 is 5.84. The SMILES string of the molecule is C=CC(=O)NCCC(=O)N1CCO[C@H](c2cccc(Cl)c2)[C@H]1C. The summed E-state index contributed by atoms with van der Waals surface area (Å²) in [6.45, 7) is 6.67. The number of amides is 2. The number of halogens is 1. The van der Waals surface area contributed by atoms with Crippen LogP contribution in [0.3, 0.4) is 0 Å². The third-order valence-electron chi connectivity index (χ3n) is 3.88. The molecular formula is C17H21ClN2O3. The number of benzene rings is 1. The van der Waals surface area contributed by atoms with Crippen molar-refractivity contribution in [1.29, 1.82) is 0 Å². The summed E-state index contributed by atoms with van der Waals surface area (Å²) in [4.78, 5) is 25.3. The molecule has 0 aromatic heterocycles. The minimum absolute atomic E-state index is 0.00260. The molecule has 6 heteroatoms. The van der Waals surface area contributed by atoms with E-state index in [4.69, 9.17) is 16.3 Å². The van der Waals surface area contributed by atoms with Crippen molar-refractivity contribution < 1.29 is 14.3 Å². The Labute approximate surface area is 141 Å². The maximum absolute atomic E-state index is 12.4. The average Bonchev–Trinajstić information content (AvgIpc) is 2.54. The Kier molecular flexibility index (Phi) is 6.19. The molecule has 1 fully saturated rings. The molecule has 1 aromatic rings. The van der Waals surface area contributed by atoms with Crippen molar-refractivity contribution in [3.8, 4) is 0 Å². The molecule has 0 bridgehead atoms.